The maximum atomic E-state index is 13.8. The van der Waals surface area contributed by atoms with E-state index in [0.29, 0.717) is 42.3 Å². The first kappa shape index (κ1) is 29.7. The molecule has 0 bridgehead atoms. The van der Waals surface area contributed by atoms with Gasteiger partial charge in [0.05, 0.1) is 13.2 Å². The number of carbonyl (C=O) groups is 1. The van der Waals surface area contributed by atoms with Gasteiger partial charge in [0.2, 0.25) is 5.90 Å². The zero-order chi connectivity index (χ0) is 28.1. The number of hydrogen-bond donors (Lipinski definition) is 3. The Bertz CT molecular complexity index is 1180. The number of azide groups is 1. The molecule has 39 heavy (non-hydrogen) atoms. The summed E-state index contributed by atoms with van der Waals surface area (Å²) >= 11 is 0. The Morgan fingerprint density at radius 1 is 1.28 bits per heavy atom. The van der Waals surface area contributed by atoms with Crippen LogP contribution in [0.15, 0.2) is 71.3 Å². The molecule has 208 valence electrons. The standard InChI is InChI=1S/C28H37N7O4/c1-4-15-28(27(37)33-30-16-7-17-35(2)3)25(24-10-6-5-9-22(24)20-31-34-29)39-26(32-28)21-11-13-23(14-12-21)38-19-8-18-36/h4-6,9-14,25,30,36H,1,7-8,15-20H2,2-3H3,(H,33,37)/t25-,28-/m0/s1. The molecule has 2 aromatic rings. The smallest absolute Gasteiger partial charge is 0.266 e. The lowest BCUT2D eigenvalue weighted by Crippen LogP contribution is -2.53. The summed E-state index contributed by atoms with van der Waals surface area (Å²) < 4.78 is 12.1. The number of benzene rings is 2. The molecule has 0 radical (unpaired) electrons. The molecule has 1 aliphatic heterocycles. The second-order valence-electron chi connectivity index (χ2n) is 9.41. The highest BCUT2D eigenvalue weighted by atomic mass is 16.5. The first-order valence-corrected chi connectivity index (χ1v) is 12.9. The average molecular weight is 536 g/mol. The van der Waals surface area contributed by atoms with Crippen LogP contribution in [-0.4, -0.2) is 67.7 Å². The number of hydrogen-bond acceptors (Lipinski definition) is 8. The Kier molecular flexibility index (Phi) is 11.3. The lowest BCUT2D eigenvalue weighted by Gasteiger charge is -2.30. The Labute approximate surface area is 229 Å². The number of rotatable bonds is 16. The molecular formula is C28H37N7O4. The number of ether oxygens (including phenoxy) is 2. The molecule has 3 N–H and O–H groups in total. The largest absolute Gasteiger partial charge is 0.494 e. The molecule has 3 rings (SSSR count). The number of amides is 1. The maximum absolute atomic E-state index is 13.8. The van der Waals surface area contributed by atoms with Gasteiger partial charge >= 0.3 is 0 Å². The highest BCUT2D eigenvalue weighted by Crippen LogP contribution is 2.43. The van der Waals surface area contributed by atoms with E-state index in [-0.39, 0.29) is 25.5 Å². The van der Waals surface area contributed by atoms with Crippen LogP contribution in [0, 0.1) is 0 Å². The third kappa shape index (κ3) is 7.81. The molecule has 0 unspecified atom stereocenters. The normalized spacial score (nSPS) is 18.2. The number of aliphatic hydroxyl groups excluding tert-OH is 1. The van der Waals surface area contributed by atoms with Crippen molar-refractivity contribution in [2.75, 3.05) is 40.4 Å². The van der Waals surface area contributed by atoms with Crippen molar-refractivity contribution < 1.29 is 19.4 Å². The van der Waals surface area contributed by atoms with E-state index in [4.69, 9.17) is 25.1 Å². The molecule has 0 saturated heterocycles. The SMILES string of the molecule is C=CC[C@]1(C(=O)NNCCCN(C)C)N=C(c2ccc(OCCCO)cc2)O[C@H]1c1ccccc1CN=[N+]=[N-]. The molecule has 11 heteroatoms. The van der Waals surface area contributed by atoms with E-state index < -0.39 is 11.6 Å². The summed E-state index contributed by atoms with van der Waals surface area (Å²) in [5.41, 5.74) is 15.5. The van der Waals surface area contributed by atoms with Crippen LogP contribution in [0.4, 0.5) is 0 Å². The van der Waals surface area contributed by atoms with Crippen molar-refractivity contribution in [2.45, 2.75) is 37.5 Å². The van der Waals surface area contributed by atoms with Gasteiger partial charge in [-0.05, 0) is 68.0 Å². The number of nitrogens with one attached hydrogen (secondary N) is 2. The minimum Gasteiger partial charge on any atom is -0.494 e. The molecule has 1 amide bonds. The van der Waals surface area contributed by atoms with Crippen LogP contribution < -0.4 is 15.6 Å². The zero-order valence-corrected chi connectivity index (χ0v) is 22.5. The van der Waals surface area contributed by atoms with Crippen LogP contribution in [0.5, 0.6) is 5.75 Å². The van der Waals surface area contributed by atoms with E-state index in [1.165, 1.54) is 0 Å². The molecule has 0 aromatic heterocycles. The van der Waals surface area contributed by atoms with E-state index in [1.54, 1.807) is 18.2 Å². The Morgan fingerprint density at radius 2 is 2.05 bits per heavy atom. The lowest BCUT2D eigenvalue weighted by atomic mass is 9.83. The molecule has 2 aromatic carbocycles. The summed E-state index contributed by atoms with van der Waals surface area (Å²) in [6.07, 6.45) is 2.46. The zero-order valence-electron chi connectivity index (χ0n) is 22.5. The van der Waals surface area contributed by atoms with Gasteiger partial charge in [0.25, 0.3) is 5.91 Å². The summed E-state index contributed by atoms with van der Waals surface area (Å²) in [7, 11) is 3.99. The Hall–Kier alpha value is -3.89. The van der Waals surface area contributed by atoms with Crippen molar-refractivity contribution in [1.82, 2.24) is 15.8 Å². The maximum Gasteiger partial charge on any atom is 0.266 e. The van der Waals surface area contributed by atoms with Gasteiger partial charge in [-0.25, -0.2) is 10.4 Å². The van der Waals surface area contributed by atoms with Crippen LogP contribution in [0.3, 0.4) is 0 Å². The van der Waals surface area contributed by atoms with E-state index in [9.17, 15) is 4.79 Å². The lowest BCUT2D eigenvalue weighted by molar-refractivity contribution is -0.129. The molecule has 11 nitrogen and oxygen atoms in total. The fourth-order valence-electron chi connectivity index (χ4n) is 4.29. The van der Waals surface area contributed by atoms with E-state index in [1.807, 2.05) is 50.5 Å². The van der Waals surface area contributed by atoms with Crippen molar-refractivity contribution >= 4 is 11.8 Å². The molecule has 0 saturated carbocycles. The summed E-state index contributed by atoms with van der Waals surface area (Å²) in [5.74, 6) is 0.610. The fraction of sp³-hybridized carbons (Fsp3) is 0.429. The summed E-state index contributed by atoms with van der Waals surface area (Å²) in [6.45, 7) is 5.93. The number of aliphatic hydroxyl groups is 1. The minimum absolute atomic E-state index is 0.0588. The molecular weight excluding hydrogens is 498 g/mol. The van der Waals surface area contributed by atoms with Gasteiger partial charge in [-0.1, -0.05) is 35.5 Å². The predicted molar refractivity (Wildman–Crippen MR) is 150 cm³/mol. The third-order valence-electron chi connectivity index (χ3n) is 6.24. The highest BCUT2D eigenvalue weighted by molar-refractivity contribution is 6.01. The second kappa shape index (κ2) is 14.9. The highest BCUT2D eigenvalue weighted by Gasteiger charge is 2.53. The van der Waals surface area contributed by atoms with Gasteiger partial charge in [0, 0.05) is 36.5 Å². The van der Waals surface area contributed by atoms with Crippen molar-refractivity contribution in [1.29, 1.82) is 0 Å². The molecule has 1 aliphatic rings. The van der Waals surface area contributed by atoms with Gasteiger partial charge in [-0.2, -0.15) is 0 Å². The molecule has 0 fully saturated rings. The number of nitrogens with zero attached hydrogens (tertiary/aromatic N) is 5. The topological polar surface area (TPSA) is 144 Å². The van der Waals surface area contributed by atoms with Gasteiger partial charge in [-0.3, -0.25) is 10.2 Å². The van der Waals surface area contributed by atoms with Crippen molar-refractivity contribution in [2.24, 2.45) is 10.1 Å². The van der Waals surface area contributed by atoms with Crippen LogP contribution >= 0.6 is 0 Å². The quantitative estimate of drug-likeness (QED) is 0.0747. The van der Waals surface area contributed by atoms with Gasteiger partial charge in [-0.15, -0.1) is 6.58 Å². The van der Waals surface area contributed by atoms with Crippen molar-refractivity contribution in [3.05, 3.63) is 88.3 Å². The summed E-state index contributed by atoms with van der Waals surface area (Å²) in [5, 5.41) is 12.7. The number of carbonyl (C=O) groups excluding carboxylic acids is 1. The van der Waals surface area contributed by atoms with E-state index in [0.717, 1.165) is 18.5 Å². The van der Waals surface area contributed by atoms with Crippen LogP contribution in [0.2, 0.25) is 0 Å². The molecule has 0 aliphatic carbocycles. The fourth-order valence-corrected chi connectivity index (χ4v) is 4.29. The Morgan fingerprint density at radius 3 is 2.74 bits per heavy atom. The predicted octanol–water partition coefficient (Wildman–Crippen LogP) is 3.66. The Balaban J connectivity index is 1.96. The van der Waals surface area contributed by atoms with Crippen molar-refractivity contribution in [3.8, 4) is 5.75 Å². The number of hydrazine groups is 1. The first-order valence-electron chi connectivity index (χ1n) is 12.9. The monoisotopic (exact) mass is 535 g/mol. The third-order valence-corrected chi connectivity index (χ3v) is 6.24. The summed E-state index contributed by atoms with van der Waals surface area (Å²) in [4.78, 5) is 23.6. The summed E-state index contributed by atoms with van der Waals surface area (Å²) in [6, 6.07) is 14.6. The first-order chi connectivity index (χ1) is 18.9. The number of aliphatic imine (C=N–C) groups is 1. The van der Waals surface area contributed by atoms with Crippen LogP contribution in [-0.2, 0) is 16.1 Å². The average Bonchev–Trinajstić information content (AvgIpc) is 3.32. The van der Waals surface area contributed by atoms with Crippen LogP contribution in [0.25, 0.3) is 10.4 Å². The van der Waals surface area contributed by atoms with E-state index in [2.05, 4.69) is 32.4 Å². The van der Waals surface area contributed by atoms with Gasteiger partial charge in [0.15, 0.2) is 11.6 Å². The van der Waals surface area contributed by atoms with Crippen LogP contribution in [0.1, 0.15) is 42.1 Å². The molecule has 1 heterocycles. The van der Waals surface area contributed by atoms with Crippen molar-refractivity contribution in [3.63, 3.8) is 0 Å². The van der Waals surface area contributed by atoms with E-state index >= 15 is 0 Å². The molecule has 0 spiro atoms. The second-order valence-corrected chi connectivity index (χ2v) is 9.41. The van der Waals surface area contributed by atoms with Gasteiger partial charge < -0.3 is 19.5 Å². The van der Waals surface area contributed by atoms with Gasteiger partial charge in [0.1, 0.15) is 5.75 Å². The minimum atomic E-state index is -1.35. The molecule has 2 atom stereocenters.